The molecule has 1 aromatic rings. The summed E-state index contributed by atoms with van der Waals surface area (Å²) in [6.45, 7) is 7.60. The van der Waals surface area contributed by atoms with Crippen molar-refractivity contribution in [3.63, 3.8) is 0 Å². The summed E-state index contributed by atoms with van der Waals surface area (Å²) in [6, 6.07) is 9.79. The summed E-state index contributed by atoms with van der Waals surface area (Å²) in [7, 11) is 0. The van der Waals surface area contributed by atoms with Crippen molar-refractivity contribution in [1.82, 2.24) is 0 Å². The van der Waals surface area contributed by atoms with Gasteiger partial charge in [0.15, 0.2) is 0 Å². The Labute approximate surface area is 96.1 Å². The molecular weight excluding hydrogens is 202 g/mol. The molecule has 16 heavy (non-hydrogen) atoms. The van der Waals surface area contributed by atoms with Crippen LogP contribution in [0.3, 0.4) is 0 Å². The second-order valence-corrected chi connectivity index (χ2v) is 3.74. The molecule has 0 spiro atoms. The molecular formula is C13H17NO2. The average Bonchev–Trinajstić information content (AvgIpc) is 2.27. The summed E-state index contributed by atoms with van der Waals surface area (Å²) in [5, 5.41) is 3.18. The monoisotopic (exact) mass is 219 g/mol. The lowest BCUT2D eigenvalue weighted by atomic mass is 10.3. The second kappa shape index (κ2) is 5.95. The molecule has 0 aliphatic heterocycles. The molecule has 1 N–H and O–H groups in total. The van der Waals surface area contributed by atoms with Crippen LogP contribution in [0.25, 0.3) is 0 Å². The Balaban J connectivity index is 2.33. The first-order valence-corrected chi connectivity index (χ1v) is 5.25. The summed E-state index contributed by atoms with van der Waals surface area (Å²) >= 11 is 0. The zero-order valence-corrected chi connectivity index (χ0v) is 9.69. The topological polar surface area (TPSA) is 38.3 Å². The molecule has 86 valence electrons. The lowest BCUT2D eigenvalue weighted by Gasteiger charge is -2.14. The molecule has 1 rings (SSSR count). The van der Waals surface area contributed by atoms with Crippen molar-refractivity contribution in [1.29, 1.82) is 0 Å². The highest BCUT2D eigenvalue weighted by molar-refractivity contribution is 5.87. The zero-order valence-electron chi connectivity index (χ0n) is 9.69. The number of hydrogen-bond donors (Lipinski definition) is 1. The fraction of sp³-hybridized carbons (Fsp3) is 0.308. The number of para-hydroxylation sites is 1. The Morgan fingerprint density at radius 3 is 2.62 bits per heavy atom. The third-order valence-electron chi connectivity index (χ3n) is 2.02. The molecule has 0 aliphatic rings. The number of esters is 1. The van der Waals surface area contributed by atoms with Gasteiger partial charge in [0.25, 0.3) is 0 Å². The van der Waals surface area contributed by atoms with Gasteiger partial charge in [0.05, 0.1) is 6.54 Å². The molecule has 3 nitrogen and oxygen atoms in total. The predicted octanol–water partition coefficient (Wildman–Crippen LogP) is 2.61. The average molecular weight is 219 g/mol. The number of nitrogens with one attached hydrogen (secondary N) is 1. The standard InChI is InChI=1S/C13H17NO2/c1-10(2)13(15)16-11(3)9-14-12-7-5-4-6-8-12/h4-8,11,14H,1,9H2,2-3H3. The van der Waals surface area contributed by atoms with Gasteiger partial charge in [0.2, 0.25) is 0 Å². The molecule has 1 unspecified atom stereocenters. The van der Waals surface area contributed by atoms with E-state index < -0.39 is 0 Å². The van der Waals surface area contributed by atoms with E-state index >= 15 is 0 Å². The van der Waals surface area contributed by atoms with Crippen molar-refractivity contribution in [3.8, 4) is 0 Å². The highest BCUT2D eigenvalue weighted by atomic mass is 16.5. The van der Waals surface area contributed by atoms with Crippen LogP contribution in [0.1, 0.15) is 13.8 Å². The van der Waals surface area contributed by atoms with Crippen LogP contribution in [0.15, 0.2) is 42.5 Å². The molecule has 0 aliphatic carbocycles. The van der Waals surface area contributed by atoms with Crippen molar-refractivity contribution < 1.29 is 9.53 Å². The van der Waals surface area contributed by atoms with Gasteiger partial charge in [-0.1, -0.05) is 24.8 Å². The summed E-state index contributed by atoms with van der Waals surface area (Å²) in [6.07, 6.45) is -0.176. The van der Waals surface area contributed by atoms with Crippen LogP contribution in [0.4, 0.5) is 5.69 Å². The van der Waals surface area contributed by atoms with Crippen LogP contribution >= 0.6 is 0 Å². The van der Waals surface area contributed by atoms with Crippen LogP contribution in [0, 0.1) is 0 Å². The first kappa shape index (κ1) is 12.3. The van der Waals surface area contributed by atoms with Crippen LogP contribution in [0.2, 0.25) is 0 Å². The summed E-state index contributed by atoms with van der Waals surface area (Å²) in [5.74, 6) is -0.345. The van der Waals surface area contributed by atoms with Gasteiger partial charge in [0, 0.05) is 11.3 Å². The van der Waals surface area contributed by atoms with E-state index in [9.17, 15) is 4.79 Å². The number of rotatable bonds is 5. The first-order chi connectivity index (χ1) is 7.59. The lowest BCUT2D eigenvalue weighted by molar-refractivity contribution is -0.142. The minimum Gasteiger partial charge on any atom is -0.457 e. The number of carbonyl (C=O) groups excluding carboxylic acids is 1. The largest absolute Gasteiger partial charge is 0.457 e. The molecule has 0 fully saturated rings. The van der Waals surface area contributed by atoms with Crippen molar-refractivity contribution in [2.24, 2.45) is 0 Å². The maximum atomic E-state index is 11.2. The van der Waals surface area contributed by atoms with Gasteiger partial charge in [-0.25, -0.2) is 4.79 Å². The lowest BCUT2D eigenvalue weighted by Crippen LogP contribution is -2.23. The molecule has 0 saturated carbocycles. The van der Waals surface area contributed by atoms with E-state index in [1.165, 1.54) is 0 Å². The Bertz CT molecular complexity index is 359. The molecule has 0 amide bonds. The highest BCUT2D eigenvalue weighted by Crippen LogP contribution is 2.06. The van der Waals surface area contributed by atoms with E-state index in [2.05, 4.69) is 11.9 Å². The Hall–Kier alpha value is -1.77. The van der Waals surface area contributed by atoms with Crippen molar-refractivity contribution >= 4 is 11.7 Å². The van der Waals surface area contributed by atoms with E-state index in [-0.39, 0.29) is 12.1 Å². The normalized spacial score (nSPS) is 11.6. The number of carbonyl (C=O) groups is 1. The van der Waals surface area contributed by atoms with Crippen molar-refractivity contribution in [2.75, 3.05) is 11.9 Å². The zero-order chi connectivity index (χ0) is 12.0. The van der Waals surface area contributed by atoms with Crippen LogP contribution in [-0.4, -0.2) is 18.6 Å². The van der Waals surface area contributed by atoms with Crippen molar-refractivity contribution in [3.05, 3.63) is 42.5 Å². The van der Waals surface area contributed by atoms with Gasteiger partial charge in [0.1, 0.15) is 6.10 Å². The third kappa shape index (κ3) is 4.17. The van der Waals surface area contributed by atoms with E-state index in [4.69, 9.17) is 4.74 Å². The molecule has 0 aromatic heterocycles. The minimum atomic E-state index is -0.345. The summed E-state index contributed by atoms with van der Waals surface area (Å²) in [5.41, 5.74) is 1.44. The number of hydrogen-bond acceptors (Lipinski definition) is 3. The molecule has 0 bridgehead atoms. The molecule has 1 atom stereocenters. The Kier molecular flexibility index (Phi) is 4.58. The van der Waals surface area contributed by atoms with E-state index in [0.717, 1.165) is 5.69 Å². The van der Waals surface area contributed by atoms with Crippen LogP contribution in [-0.2, 0) is 9.53 Å². The fourth-order valence-electron chi connectivity index (χ4n) is 1.14. The smallest absolute Gasteiger partial charge is 0.333 e. The fourth-order valence-corrected chi connectivity index (χ4v) is 1.14. The quantitative estimate of drug-likeness (QED) is 0.611. The Morgan fingerprint density at radius 1 is 1.44 bits per heavy atom. The molecule has 0 heterocycles. The van der Waals surface area contributed by atoms with Crippen LogP contribution in [0.5, 0.6) is 0 Å². The van der Waals surface area contributed by atoms with Gasteiger partial charge >= 0.3 is 5.97 Å². The Morgan fingerprint density at radius 2 is 2.06 bits per heavy atom. The van der Waals surface area contributed by atoms with Gasteiger partial charge in [-0.15, -0.1) is 0 Å². The van der Waals surface area contributed by atoms with E-state index in [1.54, 1.807) is 6.92 Å². The molecule has 0 radical (unpaired) electrons. The van der Waals surface area contributed by atoms with Gasteiger partial charge in [-0.2, -0.15) is 0 Å². The highest BCUT2D eigenvalue weighted by Gasteiger charge is 2.09. The summed E-state index contributed by atoms with van der Waals surface area (Å²) in [4.78, 5) is 11.2. The minimum absolute atomic E-state index is 0.176. The van der Waals surface area contributed by atoms with Gasteiger partial charge in [-0.3, -0.25) is 0 Å². The molecule has 1 aromatic carbocycles. The SMILES string of the molecule is C=C(C)C(=O)OC(C)CNc1ccccc1. The van der Waals surface area contributed by atoms with Gasteiger partial charge in [-0.05, 0) is 26.0 Å². The maximum absolute atomic E-state index is 11.2. The molecule has 3 heteroatoms. The van der Waals surface area contributed by atoms with E-state index in [0.29, 0.717) is 12.1 Å². The maximum Gasteiger partial charge on any atom is 0.333 e. The van der Waals surface area contributed by atoms with Crippen molar-refractivity contribution in [2.45, 2.75) is 20.0 Å². The first-order valence-electron chi connectivity index (χ1n) is 5.25. The third-order valence-corrected chi connectivity index (χ3v) is 2.02. The van der Waals surface area contributed by atoms with Gasteiger partial charge < -0.3 is 10.1 Å². The number of ether oxygens (including phenoxy) is 1. The number of anilines is 1. The van der Waals surface area contributed by atoms with E-state index in [1.807, 2.05) is 37.3 Å². The molecule has 0 saturated heterocycles. The predicted molar refractivity (Wildman–Crippen MR) is 65.3 cm³/mol. The summed E-state index contributed by atoms with van der Waals surface area (Å²) < 4.78 is 5.13. The van der Waals surface area contributed by atoms with Crippen LogP contribution < -0.4 is 5.32 Å². The number of benzene rings is 1. The second-order valence-electron chi connectivity index (χ2n) is 3.74.